The minimum absolute atomic E-state index is 0.182. The van der Waals surface area contributed by atoms with Crippen molar-refractivity contribution in [3.8, 4) is 0 Å². The van der Waals surface area contributed by atoms with Crippen LogP contribution in [0.25, 0.3) is 6.08 Å². The van der Waals surface area contributed by atoms with Crippen LogP contribution < -0.4 is 0 Å². The summed E-state index contributed by atoms with van der Waals surface area (Å²) in [5, 5.41) is 0. The molecule has 1 aromatic carbocycles. The number of allylic oxidation sites excluding steroid dienone is 1. The van der Waals surface area contributed by atoms with Crippen molar-refractivity contribution in [3.05, 3.63) is 41.5 Å². The van der Waals surface area contributed by atoms with Crippen molar-refractivity contribution in [2.45, 2.75) is 57.5 Å². The van der Waals surface area contributed by atoms with Crippen molar-refractivity contribution in [2.75, 3.05) is 7.05 Å². The van der Waals surface area contributed by atoms with Gasteiger partial charge in [0.05, 0.1) is 0 Å². The van der Waals surface area contributed by atoms with E-state index in [4.69, 9.17) is 0 Å². The number of carbonyl (C=O) groups excluding carboxylic acids is 1. The Balaban J connectivity index is 1.91. The molecule has 0 radical (unpaired) electrons. The van der Waals surface area contributed by atoms with E-state index in [1.54, 1.807) is 0 Å². The minimum atomic E-state index is 0.182. The third-order valence-electron chi connectivity index (χ3n) is 5.71. The van der Waals surface area contributed by atoms with Gasteiger partial charge in [0.15, 0.2) is 0 Å². The maximum atomic E-state index is 12.6. The molecule has 2 fully saturated rings. The fourth-order valence-electron chi connectivity index (χ4n) is 4.53. The van der Waals surface area contributed by atoms with Crippen LogP contribution in [0.15, 0.2) is 30.3 Å². The molecule has 0 N–H and O–H groups in total. The van der Waals surface area contributed by atoms with Gasteiger partial charge in [-0.25, -0.2) is 0 Å². The van der Waals surface area contributed by atoms with Crippen molar-refractivity contribution >= 4 is 11.9 Å². The lowest BCUT2D eigenvalue weighted by molar-refractivity contribution is -0.126. The summed E-state index contributed by atoms with van der Waals surface area (Å²) in [6.45, 7) is 4.05. The zero-order chi connectivity index (χ0) is 15.7. The molecule has 2 heterocycles. The molecule has 4 unspecified atom stereocenters. The molecule has 2 heteroatoms. The summed E-state index contributed by atoms with van der Waals surface area (Å²) in [5.74, 6) is 1.03. The second kappa shape index (κ2) is 6.37. The number of hydrogen-bond acceptors (Lipinski definition) is 2. The monoisotopic (exact) mass is 297 g/mol. The molecule has 2 nitrogen and oxygen atoms in total. The first-order chi connectivity index (χ1) is 10.7. The van der Waals surface area contributed by atoms with Crippen molar-refractivity contribution in [2.24, 2.45) is 5.92 Å². The van der Waals surface area contributed by atoms with E-state index in [0.29, 0.717) is 30.2 Å². The fourth-order valence-corrected chi connectivity index (χ4v) is 4.53. The molecule has 2 aliphatic rings. The Bertz CT molecular complexity index is 560. The molecule has 4 atom stereocenters. The van der Waals surface area contributed by atoms with Crippen LogP contribution in [0.3, 0.4) is 0 Å². The molecule has 0 aromatic heterocycles. The van der Waals surface area contributed by atoms with Crippen LogP contribution in [-0.2, 0) is 4.79 Å². The van der Waals surface area contributed by atoms with E-state index in [1.807, 2.05) is 13.8 Å². The summed E-state index contributed by atoms with van der Waals surface area (Å²) in [6.07, 6.45) is 8.41. The van der Waals surface area contributed by atoms with Gasteiger partial charge in [-0.2, -0.15) is 0 Å². The lowest BCUT2D eigenvalue weighted by Crippen LogP contribution is -2.48. The Morgan fingerprint density at radius 2 is 2.00 bits per heavy atom. The average Bonchev–Trinajstić information content (AvgIpc) is 2.77. The number of rotatable bonds is 4. The maximum Gasteiger partial charge on any atom is 0.137 e. The van der Waals surface area contributed by atoms with Gasteiger partial charge in [0.2, 0.25) is 0 Å². The van der Waals surface area contributed by atoms with Crippen LogP contribution in [-0.4, -0.2) is 29.8 Å². The standard InChI is InChI=1S/C20H27NO/c1-4-6-14-7-9-15(10-8-14)17-13-16-11-12-18(21(16)3)20(17)19(22)5-2/h4,6-10,16-18,20H,5,11-13H2,1-3H3/b6-4+. The van der Waals surface area contributed by atoms with Crippen LogP contribution >= 0.6 is 0 Å². The molecule has 2 bridgehead atoms. The molecule has 118 valence electrons. The van der Waals surface area contributed by atoms with E-state index in [-0.39, 0.29) is 5.92 Å². The molecule has 0 amide bonds. The topological polar surface area (TPSA) is 20.3 Å². The van der Waals surface area contributed by atoms with E-state index in [1.165, 1.54) is 24.0 Å². The summed E-state index contributed by atoms with van der Waals surface area (Å²) in [4.78, 5) is 15.1. The predicted octanol–water partition coefficient (Wildman–Crippen LogP) is 4.27. The summed E-state index contributed by atoms with van der Waals surface area (Å²) >= 11 is 0. The quantitative estimate of drug-likeness (QED) is 0.827. The van der Waals surface area contributed by atoms with Gasteiger partial charge < -0.3 is 0 Å². The first kappa shape index (κ1) is 15.5. The van der Waals surface area contributed by atoms with Gasteiger partial charge in [0.25, 0.3) is 0 Å². The molecule has 0 spiro atoms. The van der Waals surface area contributed by atoms with E-state index < -0.39 is 0 Å². The highest BCUT2D eigenvalue weighted by Crippen LogP contribution is 2.46. The van der Waals surface area contributed by atoms with Gasteiger partial charge in [-0.05, 0) is 50.3 Å². The Hall–Kier alpha value is -1.41. The van der Waals surface area contributed by atoms with Crippen LogP contribution in [0, 0.1) is 5.92 Å². The molecular formula is C20H27NO. The number of ketones is 1. The van der Waals surface area contributed by atoms with Crippen molar-refractivity contribution in [1.29, 1.82) is 0 Å². The number of Topliss-reactive ketones (excluding diaryl/α,β-unsaturated/α-hetero) is 1. The Kier molecular flexibility index (Phi) is 4.49. The zero-order valence-electron chi connectivity index (χ0n) is 14.0. The van der Waals surface area contributed by atoms with Gasteiger partial charge in [-0.1, -0.05) is 43.3 Å². The van der Waals surface area contributed by atoms with Crippen molar-refractivity contribution in [3.63, 3.8) is 0 Å². The highest BCUT2D eigenvalue weighted by molar-refractivity contribution is 5.82. The summed E-state index contributed by atoms with van der Waals surface area (Å²) < 4.78 is 0. The van der Waals surface area contributed by atoms with Gasteiger partial charge >= 0.3 is 0 Å². The smallest absolute Gasteiger partial charge is 0.137 e. The second-order valence-corrected chi connectivity index (χ2v) is 6.82. The SMILES string of the molecule is C/C=C/c1ccc(C2CC3CCC(C2C(=O)CC)N3C)cc1. The average molecular weight is 297 g/mol. The number of nitrogens with zero attached hydrogens (tertiary/aromatic N) is 1. The second-order valence-electron chi connectivity index (χ2n) is 6.82. The highest BCUT2D eigenvalue weighted by Gasteiger charge is 2.48. The van der Waals surface area contributed by atoms with Gasteiger partial charge in [0.1, 0.15) is 5.78 Å². The normalized spacial score (nSPS) is 31.8. The van der Waals surface area contributed by atoms with Crippen molar-refractivity contribution in [1.82, 2.24) is 4.90 Å². The van der Waals surface area contributed by atoms with E-state index >= 15 is 0 Å². The Labute approximate surface area is 134 Å². The fraction of sp³-hybridized carbons (Fsp3) is 0.550. The van der Waals surface area contributed by atoms with E-state index in [9.17, 15) is 4.79 Å². The number of benzene rings is 1. The van der Waals surface area contributed by atoms with Crippen LogP contribution in [0.1, 0.15) is 56.6 Å². The first-order valence-electron chi connectivity index (χ1n) is 8.63. The molecule has 1 aromatic rings. The Morgan fingerprint density at radius 3 is 2.64 bits per heavy atom. The van der Waals surface area contributed by atoms with Crippen molar-refractivity contribution < 1.29 is 4.79 Å². The number of hydrogen-bond donors (Lipinski definition) is 0. The molecule has 0 saturated carbocycles. The Morgan fingerprint density at radius 1 is 1.27 bits per heavy atom. The summed E-state index contributed by atoms with van der Waals surface area (Å²) in [7, 11) is 2.21. The molecule has 2 saturated heterocycles. The lowest BCUT2D eigenvalue weighted by Gasteiger charge is -2.42. The third-order valence-corrected chi connectivity index (χ3v) is 5.71. The van der Waals surface area contributed by atoms with Gasteiger partial charge in [-0.15, -0.1) is 0 Å². The largest absolute Gasteiger partial charge is 0.300 e. The number of piperidine rings is 1. The van der Waals surface area contributed by atoms with Gasteiger partial charge in [0, 0.05) is 24.4 Å². The molecule has 22 heavy (non-hydrogen) atoms. The lowest BCUT2D eigenvalue weighted by atomic mass is 9.73. The van der Waals surface area contributed by atoms with Crippen LogP contribution in [0.4, 0.5) is 0 Å². The predicted molar refractivity (Wildman–Crippen MR) is 91.9 cm³/mol. The third kappa shape index (κ3) is 2.65. The minimum Gasteiger partial charge on any atom is -0.300 e. The highest BCUT2D eigenvalue weighted by atomic mass is 16.1. The maximum absolute atomic E-state index is 12.6. The summed E-state index contributed by atoms with van der Waals surface area (Å²) in [6, 6.07) is 9.95. The van der Waals surface area contributed by atoms with E-state index in [0.717, 1.165) is 6.42 Å². The van der Waals surface area contributed by atoms with Crippen LogP contribution in [0.5, 0.6) is 0 Å². The van der Waals surface area contributed by atoms with E-state index in [2.05, 4.69) is 48.4 Å². The molecule has 0 aliphatic carbocycles. The van der Waals surface area contributed by atoms with Crippen LogP contribution in [0.2, 0.25) is 0 Å². The number of carbonyl (C=O) groups is 1. The molecule has 2 aliphatic heterocycles. The summed E-state index contributed by atoms with van der Waals surface area (Å²) in [5.41, 5.74) is 2.59. The molecular weight excluding hydrogens is 270 g/mol. The van der Waals surface area contributed by atoms with Gasteiger partial charge in [-0.3, -0.25) is 9.69 Å². The first-order valence-corrected chi connectivity index (χ1v) is 8.63. The number of fused-ring (bicyclic) bond motifs is 2. The molecule has 3 rings (SSSR count). The zero-order valence-corrected chi connectivity index (χ0v) is 14.0.